The molecule has 4 nitrogen and oxygen atoms in total. The molecule has 0 unspecified atom stereocenters. The van der Waals surface area contributed by atoms with Gasteiger partial charge in [-0.1, -0.05) is 30.3 Å². The Labute approximate surface area is 133 Å². The second-order valence-corrected chi connectivity index (χ2v) is 6.56. The summed E-state index contributed by atoms with van der Waals surface area (Å²) in [6, 6.07) is 8.63. The Morgan fingerprint density at radius 2 is 1.48 bits per heavy atom. The van der Waals surface area contributed by atoms with Crippen LogP contribution in [-0.4, -0.2) is 13.0 Å². The lowest BCUT2D eigenvalue weighted by Crippen LogP contribution is -2.13. The molecule has 0 spiro atoms. The first-order valence-electron chi connectivity index (χ1n) is 6.00. The number of hydrogen-bond donors (Lipinski definition) is 2. The van der Waals surface area contributed by atoms with E-state index >= 15 is 0 Å². The largest absolute Gasteiger partial charge is 0.300 e. The smallest absolute Gasteiger partial charge is 0.282 e. The molecular weight excluding hydrogens is 358 g/mol. The molecular formula is C13H9F4NO3S2. The van der Waals surface area contributed by atoms with Gasteiger partial charge >= 0.3 is 10.1 Å². The van der Waals surface area contributed by atoms with Gasteiger partial charge in [0, 0.05) is 6.54 Å². The molecule has 10 heteroatoms. The van der Waals surface area contributed by atoms with Gasteiger partial charge in [-0.2, -0.15) is 8.42 Å². The Hall–Kier alpha value is -1.62. The van der Waals surface area contributed by atoms with E-state index in [4.69, 9.17) is 4.55 Å². The van der Waals surface area contributed by atoms with Gasteiger partial charge < -0.3 is 0 Å². The standard InChI is InChI=1S/C13H9F4NO3S2/c14-8-10(16)13(23(19,20)21)11(17)9(15)12(8)22-18-6-7-4-2-1-3-5-7/h1-5,18H,6H2,(H,19,20,21). The van der Waals surface area contributed by atoms with Crippen molar-refractivity contribution in [3.05, 3.63) is 59.2 Å². The van der Waals surface area contributed by atoms with Crippen molar-refractivity contribution < 1.29 is 30.5 Å². The van der Waals surface area contributed by atoms with E-state index < -0.39 is 43.2 Å². The lowest BCUT2D eigenvalue weighted by atomic mass is 10.2. The number of hydrogen-bond acceptors (Lipinski definition) is 4. The zero-order valence-electron chi connectivity index (χ0n) is 11.2. The van der Waals surface area contributed by atoms with E-state index in [1.54, 1.807) is 30.3 Å². The Kier molecular flexibility index (Phi) is 5.30. The second-order valence-electron chi connectivity index (χ2n) is 4.30. The molecule has 2 aromatic carbocycles. The molecule has 0 aliphatic carbocycles. The van der Waals surface area contributed by atoms with Crippen molar-refractivity contribution in [2.24, 2.45) is 0 Å². The van der Waals surface area contributed by atoms with Crippen molar-refractivity contribution >= 4 is 22.1 Å². The highest BCUT2D eigenvalue weighted by Crippen LogP contribution is 2.32. The number of halogens is 4. The van der Waals surface area contributed by atoms with Crippen LogP contribution in [0.3, 0.4) is 0 Å². The summed E-state index contributed by atoms with van der Waals surface area (Å²) >= 11 is 0.260. The van der Waals surface area contributed by atoms with E-state index in [1.807, 2.05) is 0 Å². The molecule has 2 rings (SSSR count). The lowest BCUT2D eigenvalue weighted by molar-refractivity contribution is 0.384. The van der Waals surface area contributed by atoms with Gasteiger partial charge in [-0.05, 0) is 17.5 Å². The summed E-state index contributed by atoms with van der Waals surface area (Å²) in [5, 5.41) is 0. The molecule has 0 aliphatic heterocycles. The van der Waals surface area contributed by atoms with Gasteiger partial charge in [0.2, 0.25) is 0 Å². The zero-order valence-corrected chi connectivity index (χ0v) is 12.8. The summed E-state index contributed by atoms with van der Waals surface area (Å²) in [5.74, 6) is -8.20. The van der Waals surface area contributed by atoms with Crippen LogP contribution in [0.2, 0.25) is 0 Å². The monoisotopic (exact) mass is 367 g/mol. The molecule has 0 amide bonds. The zero-order chi connectivity index (χ0) is 17.2. The van der Waals surface area contributed by atoms with Gasteiger partial charge in [0.15, 0.2) is 28.2 Å². The topological polar surface area (TPSA) is 66.4 Å². The second kappa shape index (κ2) is 6.87. The maximum atomic E-state index is 13.7. The molecule has 124 valence electrons. The molecule has 23 heavy (non-hydrogen) atoms. The van der Waals surface area contributed by atoms with Crippen LogP contribution in [0.4, 0.5) is 17.6 Å². The highest BCUT2D eigenvalue weighted by atomic mass is 32.2. The first-order chi connectivity index (χ1) is 10.7. The molecule has 2 aromatic rings. The fourth-order valence-corrected chi connectivity index (χ4v) is 3.07. The van der Waals surface area contributed by atoms with Gasteiger partial charge in [0.05, 0.1) is 0 Å². The Morgan fingerprint density at radius 3 is 1.96 bits per heavy atom. The first kappa shape index (κ1) is 17.7. The highest BCUT2D eigenvalue weighted by Gasteiger charge is 2.32. The summed E-state index contributed by atoms with van der Waals surface area (Å²) in [6.07, 6.45) is 0. The van der Waals surface area contributed by atoms with Crippen LogP contribution in [0.1, 0.15) is 5.56 Å². The van der Waals surface area contributed by atoms with Crippen molar-refractivity contribution in [1.82, 2.24) is 4.72 Å². The van der Waals surface area contributed by atoms with Crippen molar-refractivity contribution in [2.45, 2.75) is 16.3 Å². The van der Waals surface area contributed by atoms with Crippen LogP contribution in [0.5, 0.6) is 0 Å². The van der Waals surface area contributed by atoms with E-state index in [9.17, 15) is 26.0 Å². The van der Waals surface area contributed by atoms with Crippen LogP contribution >= 0.6 is 11.9 Å². The van der Waals surface area contributed by atoms with Gasteiger partial charge in [-0.25, -0.2) is 17.6 Å². The third-order valence-corrected chi connectivity index (χ3v) is 4.46. The summed E-state index contributed by atoms with van der Waals surface area (Å²) in [6.45, 7) is 0.133. The molecule has 0 aromatic heterocycles. The molecule has 0 aliphatic rings. The average molecular weight is 367 g/mol. The normalized spacial score (nSPS) is 11.7. The predicted octanol–water partition coefficient (Wildman–Crippen LogP) is 3.29. The van der Waals surface area contributed by atoms with Gasteiger partial charge in [0.25, 0.3) is 0 Å². The average Bonchev–Trinajstić information content (AvgIpc) is 2.48. The van der Waals surface area contributed by atoms with Crippen molar-refractivity contribution in [3.63, 3.8) is 0 Å². The third kappa shape index (κ3) is 3.83. The van der Waals surface area contributed by atoms with Gasteiger partial charge in [-0.15, -0.1) is 0 Å². The molecule has 0 fully saturated rings. The SMILES string of the molecule is O=S(=O)(O)c1c(F)c(F)c(SNCc2ccccc2)c(F)c1F. The number of rotatable bonds is 5. The van der Waals surface area contributed by atoms with Gasteiger partial charge in [0.1, 0.15) is 4.90 Å². The number of benzene rings is 2. The summed E-state index contributed by atoms with van der Waals surface area (Å²) < 4.78 is 87.4. The molecule has 0 saturated heterocycles. The van der Waals surface area contributed by atoms with E-state index in [0.717, 1.165) is 5.56 Å². The fourth-order valence-electron chi connectivity index (χ4n) is 1.69. The maximum absolute atomic E-state index is 13.7. The molecule has 0 heterocycles. The van der Waals surface area contributed by atoms with E-state index in [0.29, 0.717) is 0 Å². The van der Waals surface area contributed by atoms with Crippen LogP contribution in [0.25, 0.3) is 0 Å². The quantitative estimate of drug-likeness (QED) is 0.367. The van der Waals surface area contributed by atoms with Crippen molar-refractivity contribution in [3.8, 4) is 0 Å². The summed E-state index contributed by atoms with van der Waals surface area (Å²) in [7, 11) is -5.45. The van der Waals surface area contributed by atoms with E-state index in [1.165, 1.54) is 0 Å². The Balaban J connectivity index is 2.30. The Morgan fingerprint density at radius 1 is 0.957 bits per heavy atom. The minimum absolute atomic E-state index is 0.133. The molecule has 0 saturated carbocycles. The van der Waals surface area contributed by atoms with Crippen LogP contribution in [0, 0.1) is 23.3 Å². The molecule has 0 bridgehead atoms. The Bertz CT molecular complexity index is 800. The predicted molar refractivity (Wildman–Crippen MR) is 75.2 cm³/mol. The number of nitrogens with one attached hydrogen (secondary N) is 1. The van der Waals surface area contributed by atoms with Crippen LogP contribution in [0.15, 0.2) is 40.1 Å². The van der Waals surface area contributed by atoms with Crippen LogP contribution < -0.4 is 4.72 Å². The van der Waals surface area contributed by atoms with Gasteiger partial charge in [-0.3, -0.25) is 9.27 Å². The van der Waals surface area contributed by atoms with Crippen molar-refractivity contribution in [2.75, 3.05) is 0 Å². The highest BCUT2D eigenvalue weighted by molar-refractivity contribution is 7.97. The maximum Gasteiger partial charge on any atom is 0.300 e. The van der Waals surface area contributed by atoms with E-state index in [-0.39, 0.29) is 18.5 Å². The summed E-state index contributed by atoms with van der Waals surface area (Å²) in [5.41, 5.74) is 0.747. The molecule has 0 radical (unpaired) electrons. The fraction of sp³-hybridized carbons (Fsp3) is 0.0769. The molecule has 0 atom stereocenters. The minimum Gasteiger partial charge on any atom is -0.282 e. The third-order valence-electron chi connectivity index (χ3n) is 2.73. The summed E-state index contributed by atoms with van der Waals surface area (Å²) in [4.78, 5) is -3.14. The molecule has 2 N–H and O–H groups in total. The minimum atomic E-state index is -5.45. The van der Waals surface area contributed by atoms with Crippen LogP contribution in [-0.2, 0) is 16.7 Å². The first-order valence-corrected chi connectivity index (χ1v) is 8.26. The van der Waals surface area contributed by atoms with E-state index in [2.05, 4.69) is 4.72 Å². The lowest BCUT2D eigenvalue weighted by Gasteiger charge is -2.10. The van der Waals surface area contributed by atoms with Crippen molar-refractivity contribution in [1.29, 1.82) is 0 Å².